The van der Waals surface area contributed by atoms with E-state index in [9.17, 15) is 4.79 Å². The summed E-state index contributed by atoms with van der Waals surface area (Å²) in [6, 6.07) is 15.2. The number of rotatable bonds is 4. The van der Waals surface area contributed by atoms with Crippen LogP contribution < -0.4 is 10.1 Å². The first kappa shape index (κ1) is 16.4. The Morgan fingerprint density at radius 1 is 1.17 bits per heavy atom. The summed E-state index contributed by atoms with van der Waals surface area (Å²) in [5.41, 5.74) is 2.88. The van der Waals surface area contributed by atoms with Crippen LogP contribution >= 0.6 is 0 Å². The van der Waals surface area contributed by atoms with Crippen molar-refractivity contribution >= 4 is 6.09 Å². The number of amides is 1. The van der Waals surface area contributed by atoms with E-state index >= 15 is 0 Å². The van der Waals surface area contributed by atoms with Gasteiger partial charge in [-0.1, -0.05) is 48.2 Å². The topological polar surface area (TPSA) is 47.6 Å². The molecule has 1 N–H and O–H groups in total. The van der Waals surface area contributed by atoms with E-state index < -0.39 is 6.09 Å². The summed E-state index contributed by atoms with van der Waals surface area (Å²) in [5.74, 6) is 6.68. The molecule has 0 unspecified atom stereocenters. The number of benzene rings is 2. The van der Waals surface area contributed by atoms with Gasteiger partial charge in [-0.2, -0.15) is 0 Å². The lowest BCUT2D eigenvalue weighted by Gasteiger charge is -2.04. The van der Waals surface area contributed by atoms with Gasteiger partial charge in [-0.3, -0.25) is 0 Å². The molecule has 0 bridgehead atoms. The maximum atomic E-state index is 11.6. The highest BCUT2D eigenvalue weighted by Crippen LogP contribution is 2.15. The van der Waals surface area contributed by atoms with Gasteiger partial charge in [0.2, 0.25) is 0 Å². The third-order valence-corrected chi connectivity index (χ3v) is 3.20. The van der Waals surface area contributed by atoms with E-state index in [1.54, 1.807) is 7.11 Å². The third kappa shape index (κ3) is 5.40. The Bertz CT molecular complexity index is 714. The van der Waals surface area contributed by atoms with E-state index in [0.717, 1.165) is 22.4 Å². The highest BCUT2D eigenvalue weighted by molar-refractivity contribution is 5.67. The molecule has 2 rings (SSSR count). The summed E-state index contributed by atoms with van der Waals surface area (Å²) in [6.07, 6.45) is -0.481. The van der Waals surface area contributed by atoms with Crippen LogP contribution in [0.5, 0.6) is 5.75 Å². The molecule has 4 nitrogen and oxygen atoms in total. The van der Waals surface area contributed by atoms with Crippen LogP contribution in [0.3, 0.4) is 0 Å². The zero-order chi connectivity index (χ0) is 16.5. The van der Waals surface area contributed by atoms with Gasteiger partial charge >= 0.3 is 6.09 Å². The molecule has 0 heterocycles. The molecule has 0 spiro atoms. The van der Waals surface area contributed by atoms with Gasteiger partial charge in [-0.05, 0) is 30.2 Å². The molecular weight excluding hydrogens is 290 g/mol. The summed E-state index contributed by atoms with van der Waals surface area (Å²) < 4.78 is 10.3. The Balaban J connectivity index is 1.80. The van der Waals surface area contributed by atoms with Crippen molar-refractivity contribution in [3.63, 3.8) is 0 Å². The Morgan fingerprint density at radius 2 is 1.96 bits per heavy atom. The molecule has 0 aliphatic carbocycles. The smallest absolute Gasteiger partial charge is 0.408 e. The predicted molar refractivity (Wildman–Crippen MR) is 89.2 cm³/mol. The van der Waals surface area contributed by atoms with Crippen molar-refractivity contribution in [2.24, 2.45) is 0 Å². The van der Waals surface area contributed by atoms with Crippen LogP contribution in [0, 0.1) is 18.8 Å². The van der Waals surface area contributed by atoms with E-state index in [1.807, 2.05) is 55.5 Å². The Hall–Kier alpha value is -2.93. The highest BCUT2D eigenvalue weighted by Gasteiger charge is 2.00. The SMILES string of the molecule is COc1ccc(C)c(C#CCNC(=O)OCc2ccccc2)c1. The Morgan fingerprint density at radius 3 is 2.70 bits per heavy atom. The molecule has 0 fully saturated rings. The van der Waals surface area contributed by atoms with E-state index in [-0.39, 0.29) is 13.2 Å². The largest absolute Gasteiger partial charge is 0.497 e. The highest BCUT2D eigenvalue weighted by atomic mass is 16.5. The van der Waals surface area contributed by atoms with E-state index in [4.69, 9.17) is 9.47 Å². The maximum Gasteiger partial charge on any atom is 0.408 e. The summed E-state index contributed by atoms with van der Waals surface area (Å²) in [4.78, 5) is 11.6. The predicted octanol–water partition coefficient (Wildman–Crippen LogP) is 3.28. The average Bonchev–Trinajstić information content (AvgIpc) is 2.59. The van der Waals surface area contributed by atoms with Gasteiger partial charge in [0.1, 0.15) is 12.4 Å². The molecule has 0 radical (unpaired) electrons. The first-order valence-electron chi connectivity index (χ1n) is 7.27. The Labute approximate surface area is 136 Å². The van der Waals surface area contributed by atoms with Crippen LogP contribution in [-0.4, -0.2) is 19.7 Å². The summed E-state index contributed by atoms with van der Waals surface area (Å²) >= 11 is 0. The van der Waals surface area contributed by atoms with Crippen molar-refractivity contribution in [3.8, 4) is 17.6 Å². The fraction of sp³-hybridized carbons (Fsp3) is 0.211. The number of nitrogens with one attached hydrogen (secondary N) is 1. The van der Waals surface area contributed by atoms with E-state index in [2.05, 4.69) is 17.2 Å². The van der Waals surface area contributed by atoms with Gasteiger partial charge < -0.3 is 14.8 Å². The number of aryl methyl sites for hydroxylation is 1. The van der Waals surface area contributed by atoms with Crippen LogP contribution in [0.1, 0.15) is 16.7 Å². The van der Waals surface area contributed by atoms with Gasteiger partial charge in [0, 0.05) is 5.56 Å². The summed E-state index contributed by atoms with van der Waals surface area (Å²) in [6.45, 7) is 2.45. The average molecular weight is 309 g/mol. The molecule has 4 heteroatoms. The van der Waals surface area contributed by atoms with Gasteiger partial charge in [-0.25, -0.2) is 4.79 Å². The molecule has 1 amide bonds. The molecule has 2 aromatic rings. The molecule has 0 aliphatic rings. The monoisotopic (exact) mass is 309 g/mol. The van der Waals surface area contributed by atoms with E-state index in [1.165, 1.54) is 0 Å². The summed E-state index contributed by atoms with van der Waals surface area (Å²) in [7, 11) is 1.62. The lowest BCUT2D eigenvalue weighted by Crippen LogP contribution is -2.24. The third-order valence-electron chi connectivity index (χ3n) is 3.20. The number of ether oxygens (including phenoxy) is 2. The van der Waals surface area contributed by atoms with E-state index in [0.29, 0.717) is 0 Å². The molecular formula is C19H19NO3. The second-order valence-corrected chi connectivity index (χ2v) is 4.90. The Kier molecular flexibility index (Phi) is 6.07. The second-order valence-electron chi connectivity index (χ2n) is 4.90. The number of hydrogen-bond donors (Lipinski definition) is 1. The maximum absolute atomic E-state index is 11.6. The molecule has 2 aromatic carbocycles. The lowest BCUT2D eigenvalue weighted by atomic mass is 10.1. The zero-order valence-corrected chi connectivity index (χ0v) is 13.3. The van der Waals surface area contributed by atoms with Crippen LogP contribution in [0.4, 0.5) is 4.79 Å². The van der Waals surface area contributed by atoms with Crippen molar-refractivity contribution in [1.29, 1.82) is 0 Å². The molecule has 0 aromatic heterocycles. The number of hydrogen-bond acceptors (Lipinski definition) is 3. The number of methoxy groups -OCH3 is 1. The van der Waals surface area contributed by atoms with Crippen molar-refractivity contribution in [2.45, 2.75) is 13.5 Å². The minimum atomic E-state index is -0.481. The van der Waals surface area contributed by atoms with Crippen LogP contribution in [-0.2, 0) is 11.3 Å². The second kappa shape index (κ2) is 8.50. The number of alkyl carbamates (subject to hydrolysis) is 1. The van der Waals surface area contributed by atoms with Gasteiger partial charge in [-0.15, -0.1) is 0 Å². The fourth-order valence-corrected chi connectivity index (χ4v) is 1.89. The fourth-order valence-electron chi connectivity index (χ4n) is 1.89. The van der Waals surface area contributed by atoms with Crippen molar-refractivity contribution in [3.05, 3.63) is 65.2 Å². The molecule has 0 saturated carbocycles. The quantitative estimate of drug-likeness (QED) is 0.882. The van der Waals surface area contributed by atoms with Crippen molar-refractivity contribution in [2.75, 3.05) is 13.7 Å². The summed E-state index contributed by atoms with van der Waals surface area (Å²) in [5, 5.41) is 2.61. The van der Waals surface area contributed by atoms with Gasteiger partial charge in [0.25, 0.3) is 0 Å². The first-order valence-corrected chi connectivity index (χ1v) is 7.27. The molecule has 0 aliphatic heterocycles. The van der Waals surface area contributed by atoms with Crippen LogP contribution in [0.25, 0.3) is 0 Å². The van der Waals surface area contributed by atoms with Crippen LogP contribution in [0.2, 0.25) is 0 Å². The van der Waals surface area contributed by atoms with Crippen molar-refractivity contribution < 1.29 is 14.3 Å². The minimum absolute atomic E-state index is 0.226. The number of carbonyl (C=O) groups is 1. The molecule has 23 heavy (non-hydrogen) atoms. The normalized spacial score (nSPS) is 9.48. The van der Waals surface area contributed by atoms with Gasteiger partial charge in [0.15, 0.2) is 0 Å². The van der Waals surface area contributed by atoms with Crippen molar-refractivity contribution in [1.82, 2.24) is 5.32 Å². The van der Waals surface area contributed by atoms with Gasteiger partial charge in [0.05, 0.1) is 13.7 Å². The zero-order valence-electron chi connectivity index (χ0n) is 13.3. The minimum Gasteiger partial charge on any atom is -0.497 e. The lowest BCUT2D eigenvalue weighted by molar-refractivity contribution is 0.141. The molecule has 0 saturated heterocycles. The molecule has 118 valence electrons. The first-order chi connectivity index (χ1) is 11.2. The molecule has 0 atom stereocenters. The standard InChI is InChI=1S/C19H19NO3/c1-15-10-11-18(22-2)13-17(15)9-6-12-20-19(21)23-14-16-7-4-3-5-8-16/h3-5,7-8,10-11,13H,12,14H2,1-2H3,(H,20,21). The van der Waals surface area contributed by atoms with Crippen LogP contribution in [0.15, 0.2) is 48.5 Å². The number of carbonyl (C=O) groups excluding carboxylic acids is 1.